The van der Waals surface area contributed by atoms with Gasteiger partial charge in [-0.15, -0.1) is 11.3 Å². The normalized spacial score (nSPS) is 13.4. The van der Waals surface area contributed by atoms with E-state index in [1.54, 1.807) is 0 Å². The van der Waals surface area contributed by atoms with Gasteiger partial charge in [0.25, 0.3) is 0 Å². The second-order valence-electron chi connectivity index (χ2n) is 4.68. The lowest BCUT2D eigenvalue weighted by molar-refractivity contribution is -0.135. The summed E-state index contributed by atoms with van der Waals surface area (Å²) in [7, 11) is 0. The highest BCUT2D eigenvalue weighted by Gasteiger charge is 2.29. The fourth-order valence-corrected chi connectivity index (χ4v) is 3.51. The summed E-state index contributed by atoms with van der Waals surface area (Å²) in [6.45, 7) is 2.73. The number of rotatable bonds is 5. The number of aryl methyl sites for hydroxylation is 1. The Balaban J connectivity index is 2.31. The maximum Gasteiger partial charge on any atom is 0.415 e. The Morgan fingerprint density at radius 1 is 1.43 bits per heavy atom. The average molecular weight is 313 g/mol. The van der Waals surface area contributed by atoms with Crippen LogP contribution in [0, 0.1) is 5.82 Å². The fourth-order valence-electron chi connectivity index (χ4n) is 2.25. The minimum absolute atomic E-state index is 0.0263. The summed E-state index contributed by atoms with van der Waals surface area (Å²) in [5.74, 6) is -1.72. The zero-order valence-electron chi connectivity index (χ0n) is 11.4. The number of carboxylic acids is 1. The molecule has 0 atom stereocenters. The van der Waals surface area contributed by atoms with Crippen LogP contribution in [0.3, 0.4) is 0 Å². The summed E-state index contributed by atoms with van der Waals surface area (Å²) in [5.41, 5.74) is 0.605. The minimum atomic E-state index is -1.23. The molecule has 7 heteroatoms. The number of carbonyl (C=O) groups excluding carboxylic acids is 1. The Morgan fingerprint density at radius 2 is 2.14 bits per heavy atom. The maximum absolute atomic E-state index is 14.4. The number of aliphatic carboxylic acids is 1. The molecule has 1 N–H and O–H groups in total. The lowest BCUT2D eigenvalue weighted by Gasteiger charge is -2.18. The number of hydrogen-bond acceptors (Lipinski definition) is 4. The number of thiophene rings is 1. The van der Waals surface area contributed by atoms with Crippen molar-refractivity contribution in [1.82, 2.24) is 0 Å². The molecule has 0 spiro atoms. The predicted octanol–water partition coefficient (Wildman–Crippen LogP) is 2.98. The molecule has 0 fully saturated rings. The van der Waals surface area contributed by atoms with Gasteiger partial charge in [0.15, 0.2) is 5.82 Å². The second-order valence-corrected chi connectivity index (χ2v) is 5.76. The Kier molecular flexibility index (Phi) is 4.95. The third kappa shape index (κ3) is 3.41. The van der Waals surface area contributed by atoms with Gasteiger partial charge in [0.2, 0.25) is 0 Å². The van der Waals surface area contributed by atoms with E-state index in [0.717, 1.165) is 40.4 Å². The van der Waals surface area contributed by atoms with Crippen molar-refractivity contribution in [3.05, 3.63) is 28.9 Å². The van der Waals surface area contributed by atoms with Crippen LogP contribution in [-0.4, -0.2) is 30.3 Å². The highest BCUT2D eigenvalue weighted by atomic mass is 32.1. The van der Waals surface area contributed by atoms with Crippen molar-refractivity contribution in [3.8, 4) is 0 Å². The summed E-state index contributed by atoms with van der Waals surface area (Å²) in [4.78, 5) is 24.6. The van der Waals surface area contributed by atoms with Crippen LogP contribution in [0.4, 0.5) is 14.2 Å². The Hall–Kier alpha value is -1.89. The van der Waals surface area contributed by atoms with E-state index < -0.39 is 24.4 Å². The molecule has 1 heterocycles. The van der Waals surface area contributed by atoms with Gasteiger partial charge in [0.05, 0.1) is 0 Å². The number of halogens is 1. The Morgan fingerprint density at radius 3 is 2.76 bits per heavy atom. The van der Waals surface area contributed by atoms with Crippen molar-refractivity contribution < 1.29 is 23.8 Å². The van der Waals surface area contributed by atoms with Gasteiger partial charge in [-0.1, -0.05) is 12.7 Å². The van der Waals surface area contributed by atoms with Gasteiger partial charge < -0.3 is 9.84 Å². The molecule has 1 aliphatic rings. The smallest absolute Gasteiger partial charge is 0.415 e. The molecule has 0 radical (unpaired) electrons. The van der Waals surface area contributed by atoms with E-state index in [0.29, 0.717) is 12.0 Å². The van der Waals surface area contributed by atoms with Crippen molar-refractivity contribution in [1.29, 1.82) is 0 Å². The summed E-state index contributed by atoms with van der Waals surface area (Å²) >= 11 is 1.13. The molecule has 0 saturated carbocycles. The van der Waals surface area contributed by atoms with Crippen molar-refractivity contribution >= 4 is 28.4 Å². The summed E-state index contributed by atoms with van der Waals surface area (Å²) in [6, 6.07) is 0. The van der Waals surface area contributed by atoms with Crippen LogP contribution >= 0.6 is 11.3 Å². The molecule has 0 bridgehead atoms. The van der Waals surface area contributed by atoms with Crippen LogP contribution in [0.2, 0.25) is 0 Å². The van der Waals surface area contributed by atoms with E-state index in [-0.39, 0.29) is 11.6 Å². The summed E-state index contributed by atoms with van der Waals surface area (Å²) < 4.78 is 19.3. The number of fused-ring (bicyclic) bond motifs is 1. The first-order chi connectivity index (χ1) is 10.0. The SMILES string of the molecule is C=CCOC(=O)N(CC(=O)O)c1sc2c(c1F)CCCC2. The topological polar surface area (TPSA) is 66.8 Å². The lowest BCUT2D eigenvalue weighted by atomic mass is 9.99. The molecule has 0 unspecified atom stereocenters. The largest absolute Gasteiger partial charge is 0.480 e. The van der Waals surface area contributed by atoms with Crippen molar-refractivity contribution in [2.75, 3.05) is 18.1 Å². The zero-order chi connectivity index (χ0) is 15.4. The second kappa shape index (κ2) is 6.71. The number of nitrogens with zero attached hydrogens (tertiary/aromatic N) is 1. The van der Waals surface area contributed by atoms with Gasteiger partial charge in [0.1, 0.15) is 18.2 Å². The molecule has 0 aliphatic heterocycles. The highest BCUT2D eigenvalue weighted by molar-refractivity contribution is 7.16. The van der Waals surface area contributed by atoms with Crippen LogP contribution in [0.15, 0.2) is 12.7 Å². The van der Waals surface area contributed by atoms with Crippen LogP contribution in [0.1, 0.15) is 23.3 Å². The molecule has 2 rings (SSSR count). The first-order valence-corrected chi connectivity index (χ1v) is 7.43. The molecule has 1 aliphatic carbocycles. The van der Waals surface area contributed by atoms with E-state index in [2.05, 4.69) is 6.58 Å². The number of ether oxygens (including phenoxy) is 1. The monoisotopic (exact) mass is 313 g/mol. The standard InChI is InChI=1S/C14H16FNO4S/c1-2-7-20-14(19)16(8-11(17)18)13-12(15)9-5-3-4-6-10(9)21-13/h2H,1,3-8H2,(H,17,18). The minimum Gasteiger partial charge on any atom is -0.480 e. The van der Waals surface area contributed by atoms with E-state index in [1.807, 2.05) is 0 Å². The quantitative estimate of drug-likeness (QED) is 0.849. The van der Waals surface area contributed by atoms with Gasteiger partial charge >= 0.3 is 12.1 Å². The Labute approximate surface area is 125 Å². The summed E-state index contributed by atoms with van der Waals surface area (Å²) in [5, 5.41) is 8.95. The lowest BCUT2D eigenvalue weighted by Crippen LogP contribution is -2.36. The third-order valence-corrected chi connectivity index (χ3v) is 4.46. The average Bonchev–Trinajstić information content (AvgIpc) is 2.79. The van der Waals surface area contributed by atoms with Crippen molar-refractivity contribution in [3.63, 3.8) is 0 Å². The van der Waals surface area contributed by atoms with Gasteiger partial charge in [-0.25, -0.2) is 9.18 Å². The van der Waals surface area contributed by atoms with Gasteiger partial charge in [-0.2, -0.15) is 0 Å². The zero-order valence-corrected chi connectivity index (χ0v) is 12.2. The molecular weight excluding hydrogens is 297 g/mol. The molecule has 1 aromatic heterocycles. The van der Waals surface area contributed by atoms with E-state index in [9.17, 15) is 14.0 Å². The van der Waals surface area contributed by atoms with Crippen LogP contribution < -0.4 is 4.90 Å². The van der Waals surface area contributed by atoms with Gasteiger partial charge in [-0.3, -0.25) is 9.69 Å². The van der Waals surface area contributed by atoms with Crippen LogP contribution in [0.5, 0.6) is 0 Å². The molecule has 21 heavy (non-hydrogen) atoms. The first kappa shape index (κ1) is 15.5. The first-order valence-electron chi connectivity index (χ1n) is 6.61. The molecule has 0 saturated heterocycles. The van der Waals surface area contributed by atoms with E-state index >= 15 is 0 Å². The van der Waals surface area contributed by atoms with Crippen LogP contribution in [0.25, 0.3) is 0 Å². The Bertz CT molecular complexity index is 570. The number of hydrogen-bond donors (Lipinski definition) is 1. The number of anilines is 1. The molecule has 1 amide bonds. The van der Waals surface area contributed by atoms with E-state index in [1.165, 1.54) is 6.08 Å². The molecule has 5 nitrogen and oxygen atoms in total. The van der Waals surface area contributed by atoms with Gasteiger partial charge in [-0.05, 0) is 25.7 Å². The van der Waals surface area contributed by atoms with Crippen LogP contribution in [-0.2, 0) is 22.4 Å². The van der Waals surface area contributed by atoms with Crippen molar-refractivity contribution in [2.24, 2.45) is 0 Å². The number of carbonyl (C=O) groups is 2. The number of amides is 1. The maximum atomic E-state index is 14.4. The molecule has 114 valence electrons. The number of carboxylic acid groups (broad SMARTS) is 1. The van der Waals surface area contributed by atoms with Gasteiger partial charge in [0, 0.05) is 10.4 Å². The van der Waals surface area contributed by atoms with E-state index in [4.69, 9.17) is 9.84 Å². The fraction of sp³-hybridized carbons (Fsp3) is 0.429. The molecular formula is C14H16FNO4S. The molecule has 0 aromatic carbocycles. The highest BCUT2D eigenvalue weighted by Crippen LogP contribution is 2.39. The van der Waals surface area contributed by atoms with Crippen molar-refractivity contribution in [2.45, 2.75) is 25.7 Å². The third-order valence-electron chi connectivity index (χ3n) is 3.17. The predicted molar refractivity (Wildman–Crippen MR) is 77.4 cm³/mol. The summed E-state index contributed by atoms with van der Waals surface area (Å²) in [6.07, 6.45) is 3.76. The molecule has 1 aromatic rings.